The van der Waals surface area contributed by atoms with Crippen molar-refractivity contribution in [2.75, 3.05) is 18.5 Å². The lowest BCUT2D eigenvalue weighted by molar-refractivity contribution is -0.125. The van der Waals surface area contributed by atoms with Crippen LogP contribution >= 0.6 is 11.8 Å². The number of hydrogen-bond acceptors (Lipinski definition) is 6. The summed E-state index contributed by atoms with van der Waals surface area (Å²) < 4.78 is 5.14. The largest absolute Gasteiger partial charge is 0.452 e. The van der Waals surface area contributed by atoms with E-state index < -0.39 is 24.5 Å². The molecular formula is C25H21N3O5S. The first-order valence-corrected chi connectivity index (χ1v) is 11.3. The summed E-state index contributed by atoms with van der Waals surface area (Å²) in [4.78, 5) is 51.1. The lowest BCUT2D eigenvalue weighted by Gasteiger charge is -2.13. The molecule has 0 bridgehead atoms. The predicted molar refractivity (Wildman–Crippen MR) is 126 cm³/mol. The van der Waals surface area contributed by atoms with Crippen LogP contribution in [-0.4, -0.2) is 41.9 Å². The summed E-state index contributed by atoms with van der Waals surface area (Å²) in [5.41, 5.74) is 1.57. The molecular weight excluding hydrogens is 454 g/mol. The van der Waals surface area contributed by atoms with Crippen molar-refractivity contribution in [1.82, 2.24) is 10.2 Å². The van der Waals surface area contributed by atoms with E-state index in [1.165, 1.54) is 23.9 Å². The summed E-state index contributed by atoms with van der Waals surface area (Å²) in [6, 6.07) is 23.1. The summed E-state index contributed by atoms with van der Waals surface area (Å²) in [5.74, 6) is -1.41. The van der Waals surface area contributed by atoms with Crippen molar-refractivity contribution in [3.05, 3.63) is 90.0 Å². The van der Waals surface area contributed by atoms with Crippen LogP contribution in [0.15, 0.2) is 88.7 Å². The third-order valence-corrected chi connectivity index (χ3v) is 6.02. The van der Waals surface area contributed by atoms with Gasteiger partial charge >= 0.3 is 12.0 Å². The molecule has 34 heavy (non-hydrogen) atoms. The molecule has 1 heterocycles. The fourth-order valence-corrected chi connectivity index (χ4v) is 4.14. The fourth-order valence-electron chi connectivity index (χ4n) is 3.22. The zero-order valence-electron chi connectivity index (χ0n) is 18.0. The highest BCUT2D eigenvalue weighted by Gasteiger charge is 2.28. The van der Waals surface area contributed by atoms with Gasteiger partial charge in [0, 0.05) is 9.79 Å². The quantitative estimate of drug-likeness (QED) is 0.380. The molecule has 1 aliphatic rings. The molecule has 0 spiro atoms. The molecule has 1 aliphatic heterocycles. The molecule has 9 heteroatoms. The molecule has 4 rings (SSSR count). The van der Waals surface area contributed by atoms with Crippen LogP contribution in [-0.2, 0) is 20.9 Å². The van der Waals surface area contributed by atoms with E-state index in [9.17, 15) is 19.2 Å². The topological polar surface area (TPSA) is 105 Å². The third kappa shape index (κ3) is 5.81. The third-order valence-electron chi connectivity index (χ3n) is 4.93. The molecule has 172 valence electrons. The molecule has 3 aromatic carbocycles. The molecule has 2 N–H and O–H groups in total. The predicted octanol–water partition coefficient (Wildman–Crippen LogP) is 3.69. The van der Waals surface area contributed by atoms with Gasteiger partial charge in [-0.2, -0.15) is 0 Å². The number of nitrogens with one attached hydrogen (secondary N) is 2. The number of urea groups is 1. The average molecular weight is 476 g/mol. The lowest BCUT2D eigenvalue weighted by Crippen LogP contribution is -2.30. The Morgan fingerprint density at radius 2 is 1.65 bits per heavy atom. The number of nitrogens with zero attached hydrogens (tertiary/aromatic N) is 1. The molecule has 0 atom stereocenters. The normalized spacial score (nSPS) is 12.9. The van der Waals surface area contributed by atoms with E-state index >= 15 is 0 Å². The number of amides is 4. The van der Waals surface area contributed by atoms with Crippen molar-refractivity contribution in [2.45, 2.75) is 16.3 Å². The first-order valence-electron chi connectivity index (χ1n) is 10.5. The van der Waals surface area contributed by atoms with Gasteiger partial charge in [0.05, 0.1) is 24.3 Å². The summed E-state index contributed by atoms with van der Waals surface area (Å²) in [5, 5.41) is 5.24. The minimum Gasteiger partial charge on any atom is -0.452 e. The zero-order chi connectivity index (χ0) is 23.9. The second kappa shape index (κ2) is 10.7. The number of esters is 1. The van der Waals surface area contributed by atoms with E-state index in [2.05, 4.69) is 10.6 Å². The molecule has 0 aromatic heterocycles. The van der Waals surface area contributed by atoms with Gasteiger partial charge in [-0.3, -0.25) is 14.5 Å². The van der Waals surface area contributed by atoms with Gasteiger partial charge in [0.1, 0.15) is 0 Å². The van der Waals surface area contributed by atoms with Crippen LogP contribution in [0.4, 0.5) is 10.5 Å². The minimum absolute atomic E-state index is 0.0132. The van der Waals surface area contributed by atoms with Crippen LogP contribution in [0.1, 0.15) is 15.9 Å². The maximum atomic E-state index is 12.4. The van der Waals surface area contributed by atoms with Crippen LogP contribution in [0.25, 0.3) is 0 Å². The second-order valence-corrected chi connectivity index (χ2v) is 8.49. The van der Waals surface area contributed by atoms with E-state index in [0.717, 1.165) is 14.7 Å². The summed E-state index contributed by atoms with van der Waals surface area (Å²) in [6.07, 6.45) is 0. The summed E-state index contributed by atoms with van der Waals surface area (Å²) >= 11 is 1.52. The van der Waals surface area contributed by atoms with Gasteiger partial charge in [-0.05, 0) is 42.0 Å². The van der Waals surface area contributed by atoms with Crippen molar-refractivity contribution in [3.63, 3.8) is 0 Å². The van der Waals surface area contributed by atoms with Gasteiger partial charge in [0.25, 0.3) is 5.91 Å². The van der Waals surface area contributed by atoms with Gasteiger partial charge in [0.2, 0.25) is 5.91 Å². The van der Waals surface area contributed by atoms with Crippen LogP contribution in [0.2, 0.25) is 0 Å². The van der Waals surface area contributed by atoms with Crippen LogP contribution < -0.4 is 10.6 Å². The van der Waals surface area contributed by atoms with Crippen molar-refractivity contribution in [3.8, 4) is 0 Å². The highest BCUT2D eigenvalue weighted by Crippen LogP contribution is 2.33. The first-order chi connectivity index (χ1) is 16.5. The van der Waals surface area contributed by atoms with Crippen molar-refractivity contribution < 1.29 is 23.9 Å². The average Bonchev–Trinajstić information content (AvgIpc) is 3.17. The molecule has 0 unspecified atom stereocenters. The van der Waals surface area contributed by atoms with Gasteiger partial charge in [-0.1, -0.05) is 54.2 Å². The van der Waals surface area contributed by atoms with Gasteiger partial charge < -0.3 is 15.4 Å². The smallest absolute Gasteiger partial charge is 0.338 e. The number of carbonyl (C=O) groups excluding carboxylic acids is 4. The van der Waals surface area contributed by atoms with Gasteiger partial charge in [-0.25, -0.2) is 9.59 Å². The molecule has 4 amide bonds. The van der Waals surface area contributed by atoms with Crippen LogP contribution in [0.3, 0.4) is 0 Å². The summed E-state index contributed by atoms with van der Waals surface area (Å²) in [7, 11) is 0. The number of anilines is 1. The number of carbonyl (C=O) groups is 4. The molecule has 3 aromatic rings. The first kappa shape index (κ1) is 23.1. The molecule has 1 saturated heterocycles. The number of ether oxygens (including phenoxy) is 1. The Kier molecular flexibility index (Phi) is 7.24. The SMILES string of the molecule is O=C(COC(=O)c1ccc(CN2C(=O)CNC2=O)cc1)Nc1ccccc1Sc1ccccc1. The van der Waals surface area contributed by atoms with E-state index in [1.54, 1.807) is 18.2 Å². The molecule has 8 nitrogen and oxygen atoms in total. The van der Waals surface area contributed by atoms with Crippen LogP contribution in [0.5, 0.6) is 0 Å². The Bertz CT molecular complexity index is 1200. The van der Waals surface area contributed by atoms with Gasteiger partial charge in [-0.15, -0.1) is 0 Å². The zero-order valence-corrected chi connectivity index (χ0v) is 18.8. The maximum Gasteiger partial charge on any atom is 0.338 e. The van der Waals surface area contributed by atoms with E-state index in [1.807, 2.05) is 48.5 Å². The van der Waals surface area contributed by atoms with Crippen molar-refractivity contribution >= 4 is 41.3 Å². The highest BCUT2D eigenvalue weighted by molar-refractivity contribution is 7.99. The number of imide groups is 1. The van der Waals surface area contributed by atoms with E-state index in [0.29, 0.717) is 11.3 Å². The minimum atomic E-state index is -0.649. The van der Waals surface area contributed by atoms with E-state index in [4.69, 9.17) is 4.74 Å². The number of rotatable bonds is 8. The number of hydrogen-bond donors (Lipinski definition) is 2. The summed E-state index contributed by atoms with van der Waals surface area (Å²) in [6.45, 7) is -0.336. The standard InChI is InChI=1S/C25H21N3O5S/c29-22(27-20-8-4-5-9-21(20)34-19-6-2-1-3-7-19)16-33-24(31)18-12-10-17(11-13-18)15-28-23(30)14-26-25(28)32/h1-13H,14-16H2,(H,26,32)(H,27,29). The Morgan fingerprint density at radius 3 is 2.35 bits per heavy atom. The Morgan fingerprint density at radius 1 is 0.941 bits per heavy atom. The molecule has 0 aliphatic carbocycles. The maximum absolute atomic E-state index is 12.4. The molecule has 0 saturated carbocycles. The Hall–Kier alpha value is -4.11. The van der Waals surface area contributed by atoms with Crippen molar-refractivity contribution in [2.24, 2.45) is 0 Å². The van der Waals surface area contributed by atoms with E-state index in [-0.39, 0.29) is 24.6 Å². The fraction of sp³-hybridized carbons (Fsp3) is 0.120. The Labute approximate surface area is 200 Å². The second-order valence-electron chi connectivity index (χ2n) is 7.37. The molecule has 1 fully saturated rings. The Balaban J connectivity index is 1.30. The van der Waals surface area contributed by atoms with Crippen molar-refractivity contribution in [1.29, 1.82) is 0 Å². The highest BCUT2D eigenvalue weighted by atomic mass is 32.2. The number of para-hydroxylation sites is 1. The monoisotopic (exact) mass is 475 g/mol. The van der Waals surface area contributed by atoms with Crippen LogP contribution in [0, 0.1) is 0 Å². The lowest BCUT2D eigenvalue weighted by atomic mass is 10.1. The number of benzene rings is 3. The van der Waals surface area contributed by atoms with Gasteiger partial charge in [0.15, 0.2) is 6.61 Å². The molecule has 0 radical (unpaired) electrons.